The van der Waals surface area contributed by atoms with E-state index in [9.17, 15) is 19.6 Å². The van der Waals surface area contributed by atoms with Gasteiger partial charge in [0, 0.05) is 54.3 Å². The Morgan fingerprint density at radius 1 is 0.954 bits per heavy atom. The van der Waals surface area contributed by atoms with E-state index >= 15 is 0 Å². The van der Waals surface area contributed by atoms with Crippen molar-refractivity contribution in [2.75, 3.05) is 63.1 Å². The summed E-state index contributed by atoms with van der Waals surface area (Å²) in [5.41, 5.74) is 5.78. The van der Waals surface area contributed by atoms with E-state index < -0.39 is 6.04 Å². The predicted octanol–water partition coefficient (Wildman–Crippen LogP) is 6.76. The number of carbonyl (C=O) groups is 3. The van der Waals surface area contributed by atoms with Crippen LogP contribution in [0.5, 0.6) is 5.75 Å². The third-order valence-electron chi connectivity index (χ3n) is 12.3. The van der Waals surface area contributed by atoms with Gasteiger partial charge in [0.2, 0.25) is 23.7 Å². The fraction of sp³-hybridized carbons (Fsp3) is 0.367. The number of hydrogen-bond donors (Lipinski definition) is 4. The molecule has 4 N–H and O–H groups in total. The second kappa shape index (κ2) is 20.6. The zero-order chi connectivity index (χ0) is 45.3. The summed E-state index contributed by atoms with van der Waals surface area (Å²) in [5, 5.41) is 23.0. The lowest BCUT2D eigenvalue weighted by atomic mass is 9.78. The standard InChI is InChI=1S/C49H53ClN10O5/c1-49(2,35-25-33(28-51)26-36(50)27-35)34-8-10-38(11-9-34)65-30-37-14-18-54-48(56-37)55-20-19-52-29-32-15-21-59(22-16-32)23-24-64-31-44(62)57-39-5-3-6-40-45(39)46-41(7-4-17-53-46)60(40)42-12-13-43(61)58-47(42)63/h3-11,14,17-18,25-27,32,42,52H,12-13,15-16,19-24,29-31H2,1-2H3,(H,57,62)(H,54,55,56)(H,58,61,63). The Labute approximate surface area is 382 Å². The number of hydrogen-bond acceptors (Lipinski definition) is 12. The van der Waals surface area contributed by atoms with Crippen LogP contribution in [-0.4, -0.2) is 94.6 Å². The number of pyridine rings is 1. The average molecular weight is 897 g/mol. The number of halogens is 1. The van der Waals surface area contributed by atoms with Crippen molar-refractivity contribution in [3.05, 3.63) is 119 Å². The number of imide groups is 1. The molecule has 2 fully saturated rings. The first-order valence-corrected chi connectivity index (χ1v) is 22.5. The van der Waals surface area contributed by atoms with Gasteiger partial charge in [-0.05, 0) is 117 Å². The number of nitriles is 1. The minimum absolute atomic E-state index is 0.0830. The number of amides is 3. The van der Waals surface area contributed by atoms with Crippen molar-refractivity contribution in [2.45, 2.75) is 57.6 Å². The van der Waals surface area contributed by atoms with Gasteiger partial charge in [-0.1, -0.05) is 43.6 Å². The largest absolute Gasteiger partial charge is 0.487 e. The summed E-state index contributed by atoms with van der Waals surface area (Å²) in [7, 11) is 0. The number of carbonyl (C=O) groups excluding carboxylic acids is 3. The number of nitrogens with zero attached hydrogens (tertiary/aromatic N) is 6. The van der Waals surface area contributed by atoms with E-state index in [0.29, 0.717) is 59.8 Å². The number of likely N-dealkylation sites (tertiary alicyclic amines) is 1. The molecular formula is C49H53ClN10O5. The molecule has 3 amide bonds. The van der Waals surface area contributed by atoms with Crippen LogP contribution in [0.15, 0.2) is 91.3 Å². The number of aromatic nitrogens is 4. The number of benzene rings is 3. The minimum Gasteiger partial charge on any atom is -0.487 e. The molecule has 2 saturated heterocycles. The van der Waals surface area contributed by atoms with Crippen molar-refractivity contribution in [2.24, 2.45) is 5.92 Å². The average Bonchev–Trinajstić information content (AvgIpc) is 3.65. The van der Waals surface area contributed by atoms with E-state index in [1.54, 1.807) is 18.5 Å². The highest BCUT2D eigenvalue weighted by Crippen LogP contribution is 2.38. The highest BCUT2D eigenvalue weighted by molar-refractivity contribution is 6.30. The molecule has 0 bridgehead atoms. The molecule has 65 heavy (non-hydrogen) atoms. The molecule has 0 radical (unpaired) electrons. The highest BCUT2D eigenvalue weighted by atomic mass is 35.5. The highest BCUT2D eigenvalue weighted by Gasteiger charge is 2.31. The molecule has 1 unspecified atom stereocenters. The number of fused-ring (bicyclic) bond motifs is 3. The van der Waals surface area contributed by atoms with Crippen molar-refractivity contribution in [1.29, 1.82) is 5.26 Å². The first-order valence-electron chi connectivity index (χ1n) is 22.1. The summed E-state index contributed by atoms with van der Waals surface area (Å²) < 4.78 is 13.8. The van der Waals surface area contributed by atoms with E-state index in [1.165, 1.54) is 0 Å². The van der Waals surface area contributed by atoms with Crippen LogP contribution in [0, 0.1) is 17.2 Å². The van der Waals surface area contributed by atoms with Crippen LogP contribution in [0.4, 0.5) is 11.6 Å². The summed E-state index contributed by atoms with van der Waals surface area (Å²) in [4.78, 5) is 53.8. The van der Waals surface area contributed by atoms with Crippen LogP contribution in [0.1, 0.15) is 68.0 Å². The van der Waals surface area contributed by atoms with Crippen LogP contribution >= 0.6 is 11.6 Å². The summed E-state index contributed by atoms with van der Waals surface area (Å²) in [6, 6.07) is 26.2. The molecule has 2 aliphatic heterocycles. The lowest BCUT2D eigenvalue weighted by Gasteiger charge is -2.32. The molecule has 0 spiro atoms. The predicted molar refractivity (Wildman–Crippen MR) is 250 cm³/mol. The number of ether oxygens (including phenoxy) is 2. The maximum atomic E-state index is 13.1. The Kier molecular flexibility index (Phi) is 14.3. The van der Waals surface area contributed by atoms with Crippen molar-refractivity contribution >= 4 is 62.9 Å². The smallest absolute Gasteiger partial charge is 0.250 e. The molecule has 8 rings (SSSR count). The lowest BCUT2D eigenvalue weighted by Crippen LogP contribution is -2.41. The van der Waals surface area contributed by atoms with Gasteiger partial charge in [-0.3, -0.25) is 24.7 Å². The molecule has 6 aromatic rings. The first kappa shape index (κ1) is 45.1. The van der Waals surface area contributed by atoms with Crippen LogP contribution in [-0.2, 0) is 31.1 Å². The van der Waals surface area contributed by atoms with Crippen molar-refractivity contribution in [3.8, 4) is 11.8 Å². The fourth-order valence-electron chi connectivity index (χ4n) is 8.67. The molecule has 2 aliphatic rings. The molecule has 0 saturated carbocycles. The van der Waals surface area contributed by atoms with Gasteiger partial charge in [0.25, 0.3) is 0 Å². The lowest BCUT2D eigenvalue weighted by molar-refractivity contribution is -0.135. The SMILES string of the molecule is CC(C)(c1ccc(OCc2ccnc(NCCNCC3CCN(CCOCC(=O)Nc4cccc5c4c4ncccc4n5C4CCC(=O)NC4=O)CC3)n2)cc1)c1cc(Cl)cc(C#N)c1. The Hall–Kier alpha value is -6.44. The summed E-state index contributed by atoms with van der Waals surface area (Å²) in [6.45, 7) is 9.99. The molecule has 15 nitrogen and oxygen atoms in total. The van der Waals surface area contributed by atoms with Gasteiger partial charge in [-0.15, -0.1) is 0 Å². The van der Waals surface area contributed by atoms with Crippen molar-refractivity contribution < 1.29 is 23.9 Å². The van der Waals surface area contributed by atoms with Gasteiger partial charge in [0.1, 0.15) is 25.0 Å². The third kappa shape index (κ3) is 10.9. The third-order valence-corrected chi connectivity index (χ3v) is 12.5. The Morgan fingerprint density at radius 3 is 2.57 bits per heavy atom. The zero-order valence-corrected chi connectivity index (χ0v) is 37.4. The van der Waals surface area contributed by atoms with Gasteiger partial charge >= 0.3 is 0 Å². The number of piperidine rings is 2. The monoisotopic (exact) mass is 896 g/mol. The maximum Gasteiger partial charge on any atom is 0.250 e. The second-order valence-corrected chi connectivity index (χ2v) is 17.5. The minimum atomic E-state index is -0.560. The molecule has 1 atom stereocenters. The topological polar surface area (TPSA) is 188 Å². The normalized spacial score (nSPS) is 16.1. The molecule has 3 aromatic heterocycles. The van der Waals surface area contributed by atoms with Crippen LogP contribution in [0.3, 0.4) is 0 Å². The zero-order valence-electron chi connectivity index (χ0n) is 36.6. The molecule has 16 heteroatoms. The molecular weight excluding hydrogens is 844 g/mol. The second-order valence-electron chi connectivity index (χ2n) is 17.1. The maximum absolute atomic E-state index is 13.1. The quantitative estimate of drug-likeness (QED) is 0.0526. The molecule has 3 aromatic carbocycles. The van der Waals surface area contributed by atoms with Crippen LogP contribution in [0.25, 0.3) is 21.9 Å². The fourth-order valence-corrected chi connectivity index (χ4v) is 8.90. The van der Waals surface area contributed by atoms with E-state index in [0.717, 1.165) is 84.6 Å². The summed E-state index contributed by atoms with van der Waals surface area (Å²) in [6.07, 6.45) is 6.24. The number of anilines is 2. The van der Waals surface area contributed by atoms with E-state index in [1.807, 2.05) is 77.4 Å². The molecule has 5 heterocycles. The van der Waals surface area contributed by atoms with Gasteiger partial charge < -0.3 is 34.9 Å². The summed E-state index contributed by atoms with van der Waals surface area (Å²) >= 11 is 6.29. The number of rotatable bonds is 18. The van der Waals surface area contributed by atoms with E-state index in [4.69, 9.17) is 21.1 Å². The molecule has 0 aliphatic carbocycles. The Bertz CT molecular complexity index is 2710. The van der Waals surface area contributed by atoms with Gasteiger partial charge in [0.15, 0.2) is 0 Å². The Morgan fingerprint density at radius 2 is 1.77 bits per heavy atom. The van der Waals surface area contributed by atoms with Gasteiger partial charge in [-0.25, -0.2) is 9.97 Å². The van der Waals surface area contributed by atoms with E-state index in [-0.39, 0.29) is 36.2 Å². The first-order chi connectivity index (χ1) is 31.5. The van der Waals surface area contributed by atoms with Crippen molar-refractivity contribution in [3.63, 3.8) is 0 Å². The van der Waals surface area contributed by atoms with Crippen LogP contribution < -0.4 is 26.0 Å². The van der Waals surface area contributed by atoms with E-state index in [2.05, 4.69) is 61.0 Å². The molecule has 336 valence electrons. The van der Waals surface area contributed by atoms with Gasteiger partial charge in [0.05, 0.1) is 46.2 Å². The summed E-state index contributed by atoms with van der Waals surface area (Å²) in [5.74, 6) is 0.984. The number of nitrogens with one attached hydrogen (secondary N) is 4. The van der Waals surface area contributed by atoms with Gasteiger partial charge in [-0.2, -0.15) is 5.26 Å². The van der Waals surface area contributed by atoms with Crippen molar-refractivity contribution in [1.82, 2.24) is 35.1 Å². The Balaban J connectivity index is 0.709. The van der Waals surface area contributed by atoms with Crippen LogP contribution in [0.2, 0.25) is 5.02 Å².